The van der Waals surface area contributed by atoms with E-state index in [0.29, 0.717) is 23.6 Å². The standard InChI is InChI=1S/C18H35N5O/c1-5-24-16-11-15(18(16)7-6-8-18)21-17(19-2)20-12-14-13-22(3)9-10-23(14)4/h14-16H,5-13H2,1-4H3,(H2,19,20,21). The Morgan fingerprint density at radius 3 is 2.71 bits per heavy atom. The number of likely N-dealkylation sites (N-methyl/N-ethyl adjacent to an activating group) is 2. The highest BCUT2D eigenvalue weighted by Gasteiger charge is 2.59. The zero-order chi connectivity index (χ0) is 17.2. The fourth-order valence-electron chi connectivity index (χ4n) is 4.54. The molecule has 2 N–H and O–H groups in total. The van der Waals surface area contributed by atoms with Crippen LogP contribution in [0.25, 0.3) is 0 Å². The summed E-state index contributed by atoms with van der Waals surface area (Å²) in [6, 6.07) is 1.05. The number of rotatable bonds is 5. The van der Waals surface area contributed by atoms with Gasteiger partial charge in [0.05, 0.1) is 6.10 Å². The molecule has 1 aliphatic heterocycles. The van der Waals surface area contributed by atoms with Crippen molar-refractivity contribution in [2.75, 3.05) is 53.9 Å². The predicted molar refractivity (Wildman–Crippen MR) is 98.5 cm³/mol. The molecule has 1 spiro atoms. The summed E-state index contributed by atoms with van der Waals surface area (Å²) >= 11 is 0. The van der Waals surface area contributed by atoms with Crippen LogP contribution in [-0.2, 0) is 4.74 Å². The van der Waals surface area contributed by atoms with E-state index in [4.69, 9.17) is 4.74 Å². The second-order valence-electron chi connectivity index (χ2n) is 7.81. The lowest BCUT2D eigenvalue weighted by Crippen LogP contribution is -2.69. The summed E-state index contributed by atoms with van der Waals surface area (Å²) in [6.07, 6.45) is 5.49. The van der Waals surface area contributed by atoms with Crippen LogP contribution in [0.4, 0.5) is 0 Å². The van der Waals surface area contributed by atoms with E-state index >= 15 is 0 Å². The quantitative estimate of drug-likeness (QED) is 0.573. The summed E-state index contributed by atoms with van der Waals surface area (Å²) in [5.74, 6) is 0.947. The van der Waals surface area contributed by atoms with Gasteiger partial charge >= 0.3 is 0 Å². The topological polar surface area (TPSA) is 52.1 Å². The Morgan fingerprint density at radius 1 is 1.29 bits per heavy atom. The summed E-state index contributed by atoms with van der Waals surface area (Å²) in [5.41, 5.74) is 0.371. The monoisotopic (exact) mass is 337 g/mol. The molecule has 1 saturated heterocycles. The molecule has 3 atom stereocenters. The third-order valence-corrected chi connectivity index (χ3v) is 6.46. The molecule has 6 heteroatoms. The molecule has 0 aromatic carbocycles. The van der Waals surface area contributed by atoms with Crippen LogP contribution >= 0.6 is 0 Å². The third kappa shape index (κ3) is 3.41. The number of guanidine groups is 1. The molecule has 0 amide bonds. The van der Waals surface area contributed by atoms with Gasteiger partial charge in [0.2, 0.25) is 0 Å². The predicted octanol–water partition coefficient (Wildman–Crippen LogP) is 0.745. The van der Waals surface area contributed by atoms with Crippen LogP contribution in [0.15, 0.2) is 4.99 Å². The van der Waals surface area contributed by atoms with Gasteiger partial charge in [-0.3, -0.25) is 9.89 Å². The van der Waals surface area contributed by atoms with Crippen LogP contribution in [0.2, 0.25) is 0 Å². The number of aliphatic imine (C=N–C) groups is 1. The van der Waals surface area contributed by atoms with Gasteiger partial charge in [0.1, 0.15) is 0 Å². The molecule has 3 unspecified atom stereocenters. The van der Waals surface area contributed by atoms with Crippen molar-refractivity contribution in [2.24, 2.45) is 10.4 Å². The highest BCUT2D eigenvalue weighted by atomic mass is 16.5. The van der Waals surface area contributed by atoms with Crippen LogP contribution in [-0.4, -0.2) is 87.9 Å². The van der Waals surface area contributed by atoms with Crippen LogP contribution in [0.3, 0.4) is 0 Å². The fourth-order valence-corrected chi connectivity index (χ4v) is 4.54. The zero-order valence-electron chi connectivity index (χ0n) is 15.8. The Balaban J connectivity index is 1.49. The third-order valence-electron chi connectivity index (χ3n) is 6.46. The number of ether oxygens (including phenoxy) is 1. The van der Waals surface area contributed by atoms with Crippen molar-refractivity contribution in [1.82, 2.24) is 20.4 Å². The average molecular weight is 338 g/mol. The van der Waals surface area contributed by atoms with E-state index in [9.17, 15) is 0 Å². The van der Waals surface area contributed by atoms with Gasteiger partial charge in [0, 0.05) is 57.3 Å². The van der Waals surface area contributed by atoms with Crippen molar-refractivity contribution in [2.45, 2.75) is 50.8 Å². The fraction of sp³-hybridized carbons (Fsp3) is 0.944. The molecule has 3 rings (SSSR count). The van der Waals surface area contributed by atoms with Crippen molar-refractivity contribution in [3.63, 3.8) is 0 Å². The molecule has 0 aromatic rings. The second-order valence-corrected chi connectivity index (χ2v) is 7.81. The average Bonchev–Trinajstić information content (AvgIpc) is 2.50. The van der Waals surface area contributed by atoms with E-state index in [1.54, 1.807) is 0 Å². The molecule has 2 saturated carbocycles. The maximum absolute atomic E-state index is 5.95. The molecule has 0 bridgehead atoms. The van der Waals surface area contributed by atoms with Gasteiger partial charge in [-0.2, -0.15) is 0 Å². The summed E-state index contributed by atoms with van der Waals surface area (Å²) in [4.78, 5) is 9.31. The lowest BCUT2D eigenvalue weighted by Gasteiger charge is -2.61. The number of hydrogen-bond donors (Lipinski definition) is 2. The normalized spacial score (nSPS) is 33.8. The van der Waals surface area contributed by atoms with Gasteiger partial charge in [0.15, 0.2) is 5.96 Å². The van der Waals surface area contributed by atoms with E-state index in [1.807, 2.05) is 7.05 Å². The summed E-state index contributed by atoms with van der Waals surface area (Å²) in [6.45, 7) is 7.27. The molecule has 0 aromatic heterocycles. The SMILES string of the molecule is CCOC1CC(NC(=NC)NCC2CN(C)CCN2C)C12CCC2. The number of hydrogen-bond acceptors (Lipinski definition) is 4. The molecule has 0 radical (unpaired) electrons. The van der Waals surface area contributed by atoms with Gasteiger partial charge in [-0.25, -0.2) is 0 Å². The second kappa shape index (κ2) is 7.58. The zero-order valence-corrected chi connectivity index (χ0v) is 15.8. The Hall–Kier alpha value is -0.850. The Labute approximate surface area is 147 Å². The Kier molecular flexibility index (Phi) is 5.67. The van der Waals surface area contributed by atoms with Crippen molar-refractivity contribution in [1.29, 1.82) is 0 Å². The molecule has 138 valence electrons. The van der Waals surface area contributed by atoms with Crippen LogP contribution < -0.4 is 10.6 Å². The molecule has 24 heavy (non-hydrogen) atoms. The van der Waals surface area contributed by atoms with E-state index in [2.05, 4.69) is 46.4 Å². The molecule has 3 fully saturated rings. The molecule has 3 aliphatic rings. The minimum Gasteiger partial charge on any atom is -0.378 e. The maximum Gasteiger partial charge on any atom is 0.191 e. The van der Waals surface area contributed by atoms with Gasteiger partial charge in [0.25, 0.3) is 0 Å². The first-order chi connectivity index (χ1) is 11.6. The minimum atomic E-state index is 0.371. The van der Waals surface area contributed by atoms with Crippen LogP contribution in [0.1, 0.15) is 32.6 Å². The number of nitrogens with zero attached hydrogens (tertiary/aromatic N) is 3. The van der Waals surface area contributed by atoms with Crippen molar-refractivity contribution in [3.8, 4) is 0 Å². The van der Waals surface area contributed by atoms with Gasteiger partial charge in [-0.05, 0) is 40.3 Å². The summed E-state index contributed by atoms with van der Waals surface area (Å²) < 4.78 is 5.95. The highest BCUT2D eigenvalue weighted by molar-refractivity contribution is 5.80. The smallest absolute Gasteiger partial charge is 0.191 e. The van der Waals surface area contributed by atoms with Crippen LogP contribution in [0.5, 0.6) is 0 Å². The Morgan fingerprint density at radius 2 is 2.08 bits per heavy atom. The van der Waals surface area contributed by atoms with Crippen molar-refractivity contribution in [3.05, 3.63) is 0 Å². The van der Waals surface area contributed by atoms with Crippen LogP contribution in [0, 0.1) is 5.41 Å². The summed E-state index contributed by atoms with van der Waals surface area (Å²) in [5, 5.41) is 7.23. The van der Waals surface area contributed by atoms with Crippen molar-refractivity contribution < 1.29 is 4.74 Å². The first-order valence-corrected chi connectivity index (χ1v) is 9.56. The van der Waals surface area contributed by atoms with Crippen molar-refractivity contribution >= 4 is 5.96 Å². The Bertz CT molecular complexity index is 451. The van der Waals surface area contributed by atoms with E-state index in [-0.39, 0.29) is 0 Å². The first kappa shape index (κ1) is 18.0. The van der Waals surface area contributed by atoms with Gasteiger partial charge in [-0.15, -0.1) is 0 Å². The van der Waals surface area contributed by atoms with Gasteiger partial charge < -0.3 is 20.3 Å². The minimum absolute atomic E-state index is 0.371. The van der Waals surface area contributed by atoms with E-state index in [0.717, 1.165) is 45.2 Å². The molecular formula is C18H35N5O. The maximum atomic E-state index is 5.95. The number of nitrogens with one attached hydrogen (secondary N) is 2. The molecular weight excluding hydrogens is 302 g/mol. The largest absolute Gasteiger partial charge is 0.378 e. The molecule has 1 heterocycles. The van der Waals surface area contributed by atoms with Gasteiger partial charge in [-0.1, -0.05) is 6.42 Å². The lowest BCUT2D eigenvalue weighted by atomic mass is 9.51. The molecule has 2 aliphatic carbocycles. The van der Waals surface area contributed by atoms with E-state index in [1.165, 1.54) is 19.3 Å². The highest BCUT2D eigenvalue weighted by Crippen LogP contribution is 2.57. The molecule has 6 nitrogen and oxygen atoms in total. The number of piperazine rings is 1. The lowest BCUT2D eigenvalue weighted by molar-refractivity contribution is -0.168. The first-order valence-electron chi connectivity index (χ1n) is 9.56. The van der Waals surface area contributed by atoms with E-state index < -0.39 is 0 Å². The summed E-state index contributed by atoms with van der Waals surface area (Å²) in [7, 11) is 6.30.